The molecule has 0 bridgehead atoms. The van der Waals surface area contributed by atoms with Gasteiger partial charge in [-0.1, -0.05) is 19.1 Å². The fraction of sp³-hybridized carbons (Fsp3) is 0.636. The van der Waals surface area contributed by atoms with Gasteiger partial charge in [0.25, 0.3) is 0 Å². The van der Waals surface area contributed by atoms with Crippen LogP contribution in [0.1, 0.15) is 27.2 Å². The molecule has 0 heterocycles. The van der Waals surface area contributed by atoms with Gasteiger partial charge in [0.2, 0.25) is 0 Å². The van der Waals surface area contributed by atoms with E-state index in [-0.39, 0.29) is 19.8 Å². The second-order valence-corrected chi connectivity index (χ2v) is 3.02. The van der Waals surface area contributed by atoms with Crippen molar-refractivity contribution in [2.24, 2.45) is 0 Å². The summed E-state index contributed by atoms with van der Waals surface area (Å²) in [6.07, 6.45) is 3.23. The zero-order valence-corrected chi connectivity index (χ0v) is 10.6. The summed E-state index contributed by atoms with van der Waals surface area (Å²) in [5, 5.41) is 1.06. The molecule has 6 heteroatoms. The van der Waals surface area contributed by atoms with Crippen LogP contribution in [0.25, 0.3) is 0 Å². The lowest BCUT2D eigenvalue weighted by Gasteiger charge is -2.20. The monoisotopic (exact) mass is 244 g/mol. The average Bonchev–Trinajstić information content (AvgIpc) is 2.28. The first kappa shape index (κ1) is 15.3. The molecule has 0 fully saturated rings. The molecule has 1 N–H and O–H groups in total. The lowest BCUT2D eigenvalue weighted by Crippen LogP contribution is -2.46. The van der Waals surface area contributed by atoms with E-state index in [0.717, 1.165) is 11.4 Å². The van der Waals surface area contributed by atoms with E-state index in [9.17, 15) is 9.59 Å². The molecule has 0 saturated heterocycles. The van der Waals surface area contributed by atoms with Crippen molar-refractivity contribution in [2.45, 2.75) is 27.2 Å². The molecule has 0 aliphatic rings. The molecular weight excluding hydrogens is 224 g/mol. The molecule has 0 aliphatic carbocycles. The Kier molecular flexibility index (Phi) is 8.54. The molecule has 0 aromatic rings. The van der Waals surface area contributed by atoms with Crippen LogP contribution in [0.3, 0.4) is 0 Å². The number of amides is 2. The minimum Gasteiger partial charge on any atom is -0.449 e. The number of hydrogen-bond acceptors (Lipinski definition) is 4. The Bertz CT molecular complexity index is 266. The van der Waals surface area contributed by atoms with Crippen LogP contribution in [-0.4, -0.2) is 37.0 Å². The molecule has 0 atom stereocenters. The number of nitrogens with zero attached hydrogens (tertiary/aromatic N) is 1. The Morgan fingerprint density at radius 3 is 2.29 bits per heavy atom. The van der Waals surface area contributed by atoms with Gasteiger partial charge in [0.15, 0.2) is 0 Å². The molecule has 98 valence electrons. The predicted molar refractivity (Wildman–Crippen MR) is 63.3 cm³/mol. The average molecular weight is 244 g/mol. The number of rotatable bonds is 5. The Labute approximate surface area is 102 Å². The highest BCUT2D eigenvalue weighted by Crippen LogP contribution is 1.93. The Balaban J connectivity index is 4.33. The van der Waals surface area contributed by atoms with Crippen molar-refractivity contribution in [3.8, 4) is 0 Å². The maximum absolute atomic E-state index is 11.5. The van der Waals surface area contributed by atoms with E-state index >= 15 is 0 Å². The summed E-state index contributed by atoms with van der Waals surface area (Å²) in [5.74, 6) is 0. The number of carbonyl (C=O) groups is 2. The third-order valence-electron chi connectivity index (χ3n) is 1.68. The Morgan fingerprint density at radius 2 is 1.76 bits per heavy atom. The molecule has 0 unspecified atom stereocenters. The van der Waals surface area contributed by atoms with Gasteiger partial charge >= 0.3 is 12.2 Å². The van der Waals surface area contributed by atoms with Crippen LogP contribution >= 0.6 is 0 Å². The number of hydrogen-bond donors (Lipinski definition) is 1. The van der Waals surface area contributed by atoms with Gasteiger partial charge in [0, 0.05) is 0 Å². The van der Waals surface area contributed by atoms with Crippen molar-refractivity contribution in [1.29, 1.82) is 0 Å². The molecule has 0 rings (SSSR count). The topological polar surface area (TPSA) is 67.9 Å². The molecular formula is C11H20N2O4. The highest BCUT2D eigenvalue weighted by molar-refractivity contribution is 5.74. The van der Waals surface area contributed by atoms with Gasteiger partial charge in [-0.25, -0.2) is 20.0 Å². The first-order chi connectivity index (χ1) is 8.15. The largest absolute Gasteiger partial charge is 0.449 e. The zero-order chi connectivity index (χ0) is 13.1. The van der Waals surface area contributed by atoms with Crippen molar-refractivity contribution in [3.63, 3.8) is 0 Å². The minimum atomic E-state index is -0.676. The number of nitrogens with one attached hydrogen (secondary N) is 1. The van der Waals surface area contributed by atoms with E-state index in [2.05, 4.69) is 10.2 Å². The van der Waals surface area contributed by atoms with Gasteiger partial charge in [0.1, 0.15) is 0 Å². The number of carbonyl (C=O) groups excluding carboxylic acids is 2. The molecule has 0 radical (unpaired) electrons. The Morgan fingerprint density at radius 1 is 1.12 bits per heavy atom. The summed E-state index contributed by atoms with van der Waals surface area (Å²) in [7, 11) is 0. The molecule has 17 heavy (non-hydrogen) atoms. The standard InChI is InChI=1S/C11H20N2O4/c1-4-7-8-9-13(11(15)17-6-3)12-10(14)16-5-2/h7-8H,4-6,9H2,1-3H3,(H,12,14)/b8-7-. The molecule has 0 aromatic carbocycles. The van der Waals surface area contributed by atoms with Gasteiger partial charge in [-0.3, -0.25) is 0 Å². The minimum absolute atomic E-state index is 0.242. The van der Waals surface area contributed by atoms with Crippen LogP contribution in [0.2, 0.25) is 0 Å². The highest BCUT2D eigenvalue weighted by Gasteiger charge is 2.16. The van der Waals surface area contributed by atoms with Gasteiger partial charge in [-0.15, -0.1) is 0 Å². The fourth-order valence-electron chi connectivity index (χ4n) is 0.987. The van der Waals surface area contributed by atoms with Crippen molar-refractivity contribution >= 4 is 12.2 Å². The van der Waals surface area contributed by atoms with E-state index in [1.54, 1.807) is 19.9 Å². The van der Waals surface area contributed by atoms with Gasteiger partial charge in [-0.05, 0) is 20.3 Å². The second-order valence-electron chi connectivity index (χ2n) is 3.02. The normalized spacial score (nSPS) is 10.1. The van der Waals surface area contributed by atoms with Gasteiger partial charge in [0.05, 0.1) is 19.8 Å². The van der Waals surface area contributed by atoms with E-state index in [4.69, 9.17) is 4.74 Å². The second kappa shape index (κ2) is 9.50. The van der Waals surface area contributed by atoms with Crippen molar-refractivity contribution < 1.29 is 19.1 Å². The molecule has 0 aliphatic heterocycles. The van der Waals surface area contributed by atoms with E-state index in [1.807, 2.05) is 13.0 Å². The quantitative estimate of drug-likeness (QED) is 0.594. The summed E-state index contributed by atoms with van der Waals surface area (Å²) >= 11 is 0. The fourth-order valence-corrected chi connectivity index (χ4v) is 0.987. The van der Waals surface area contributed by atoms with Crippen LogP contribution in [-0.2, 0) is 9.47 Å². The molecule has 0 spiro atoms. The lowest BCUT2D eigenvalue weighted by molar-refractivity contribution is 0.0791. The first-order valence-electron chi connectivity index (χ1n) is 5.68. The Hall–Kier alpha value is -1.72. The summed E-state index contributed by atoms with van der Waals surface area (Å²) in [5.41, 5.74) is 2.31. The van der Waals surface area contributed by atoms with Crippen LogP contribution < -0.4 is 5.43 Å². The SMILES string of the molecule is CC/C=C\CN(NC(=O)OCC)C(=O)OCC. The first-order valence-corrected chi connectivity index (χ1v) is 5.68. The molecule has 0 saturated carbocycles. The predicted octanol–water partition coefficient (Wildman–Crippen LogP) is 2.07. The smallest absolute Gasteiger partial charge is 0.429 e. The summed E-state index contributed by atoms with van der Waals surface area (Å²) in [6.45, 7) is 6.09. The number of hydrazine groups is 1. The van der Waals surface area contributed by atoms with E-state index in [0.29, 0.717) is 0 Å². The third kappa shape index (κ3) is 7.21. The molecule has 2 amide bonds. The van der Waals surface area contributed by atoms with Crippen LogP contribution in [0.4, 0.5) is 9.59 Å². The zero-order valence-electron chi connectivity index (χ0n) is 10.6. The van der Waals surface area contributed by atoms with Gasteiger partial charge < -0.3 is 9.47 Å². The van der Waals surface area contributed by atoms with E-state index in [1.165, 1.54) is 0 Å². The van der Waals surface area contributed by atoms with Crippen molar-refractivity contribution in [2.75, 3.05) is 19.8 Å². The van der Waals surface area contributed by atoms with Gasteiger partial charge in [-0.2, -0.15) is 0 Å². The lowest BCUT2D eigenvalue weighted by atomic mass is 10.4. The summed E-state index contributed by atoms with van der Waals surface area (Å²) in [4.78, 5) is 22.7. The van der Waals surface area contributed by atoms with Crippen LogP contribution in [0.15, 0.2) is 12.2 Å². The number of allylic oxidation sites excluding steroid dienone is 1. The van der Waals surface area contributed by atoms with Crippen LogP contribution in [0.5, 0.6) is 0 Å². The number of ether oxygens (including phenoxy) is 2. The summed E-state index contributed by atoms with van der Waals surface area (Å²) < 4.78 is 9.48. The van der Waals surface area contributed by atoms with E-state index < -0.39 is 12.2 Å². The van der Waals surface area contributed by atoms with Crippen molar-refractivity contribution in [3.05, 3.63) is 12.2 Å². The van der Waals surface area contributed by atoms with Crippen molar-refractivity contribution in [1.82, 2.24) is 10.4 Å². The summed E-state index contributed by atoms with van der Waals surface area (Å²) in [6, 6.07) is 0. The maximum atomic E-state index is 11.5. The highest BCUT2D eigenvalue weighted by atomic mass is 16.6. The van der Waals surface area contributed by atoms with Crippen LogP contribution in [0, 0.1) is 0 Å². The third-order valence-corrected chi connectivity index (χ3v) is 1.68. The maximum Gasteiger partial charge on any atom is 0.429 e. The molecule has 0 aromatic heterocycles. The molecule has 6 nitrogen and oxygen atoms in total.